The van der Waals surface area contributed by atoms with Gasteiger partial charge in [0.15, 0.2) is 0 Å². The first-order valence-corrected chi connectivity index (χ1v) is 5.85. The Balaban J connectivity index is 2.67. The van der Waals surface area contributed by atoms with Crippen LogP contribution in [-0.4, -0.2) is 22.8 Å². The molecular weight excluding hydrogens is 202 g/mol. The molecule has 1 aromatic heterocycles. The van der Waals surface area contributed by atoms with Gasteiger partial charge >= 0.3 is 0 Å². The van der Waals surface area contributed by atoms with Gasteiger partial charge in [0, 0.05) is 6.20 Å². The third-order valence-electron chi connectivity index (χ3n) is 2.39. The average Bonchev–Trinajstić information content (AvgIpc) is 2.27. The second-order valence-electron chi connectivity index (χ2n) is 4.49. The van der Waals surface area contributed by atoms with Gasteiger partial charge in [-0.3, -0.25) is 4.98 Å². The Bertz CT molecular complexity index is 313. The molecule has 3 nitrogen and oxygen atoms in total. The third-order valence-corrected chi connectivity index (χ3v) is 2.39. The fraction of sp³-hybridized carbons (Fsp3) is 0.615. The molecule has 1 N–H and O–H groups in total. The van der Waals surface area contributed by atoms with Gasteiger partial charge in [-0.25, -0.2) is 0 Å². The predicted octanol–water partition coefficient (Wildman–Crippen LogP) is 2.43. The molecule has 0 saturated heterocycles. The quantitative estimate of drug-likeness (QED) is 0.805. The molecule has 1 heterocycles. The number of aliphatic hydroxyl groups is 1. The summed E-state index contributed by atoms with van der Waals surface area (Å²) < 4.78 is 5.61. The van der Waals surface area contributed by atoms with Crippen LogP contribution >= 0.6 is 0 Å². The van der Waals surface area contributed by atoms with Gasteiger partial charge in [-0.1, -0.05) is 13.8 Å². The normalized spacial score (nSPS) is 12.8. The number of aromatic nitrogens is 1. The lowest BCUT2D eigenvalue weighted by atomic mass is 10.1. The second-order valence-corrected chi connectivity index (χ2v) is 4.49. The Morgan fingerprint density at radius 1 is 1.38 bits per heavy atom. The molecule has 0 aliphatic carbocycles. The highest BCUT2D eigenvalue weighted by Gasteiger charge is 2.08. The maximum absolute atomic E-state index is 8.96. The molecule has 0 bridgehead atoms. The lowest BCUT2D eigenvalue weighted by Gasteiger charge is -2.15. The number of rotatable bonds is 6. The number of aliphatic hydroxyl groups excluding tert-OH is 1. The van der Waals surface area contributed by atoms with Crippen LogP contribution in [0.3, 0.4) is 0 Å². The van der Waals surface area contributed by atoms with Crippen molar-refractivity contribution in [3.8, 4) is 5.75 Å². The lowest BCUT2D eigenvalue weighted by Crippen LogP contribution is -2.17. The van der Waals surface area contributed by atoms with E-state index < -0.39 is 0 Å². The fourth-order valence-electron chi connectivity index (χ4n) is 1.40. The van der Waals surface area contributed by atoms with E-state index >= 15 is 0 Å². The minimum atomic E-state index is -0.179. The van der Waals surface area contributed by atoms with Crippen LogP contribution < -0.4 is 4.74 Å². The molecule has 0 saturated carbocycles. The molecule has 90 valence electrons. The van der Waals surface area contributed by atoms with Crippen molar-refractivity contribution in [2.24, 2.45) is 5.92 Å². The molecule has 1 rings (SSSR count). The molecule has 16 heavy (non-hydrogen) atoms. The minimum absolute atomic E-state index is 0.0263. The zero-order valence-electron chi connectivity index (χ0n) is 10.3. The number of nitrogens with zero attached hydrogens (tertiary/aromatic N) is 1. The van der Waals surface area contributed by atoms with Crippen molar-refractivity contribution >= 4 is 0 Å². The Labute approximate surface area is 97.5 Å². The summed E-state index contributed by atoms with van der Waals surface area (Å²) in [5, 5.41) is 8.96. The first kappa shape index (κ1) is 13.0. The van der Waals surface area contributed by atoms with Crippen LogP contribution in [0.25, 0.3) is 0 Å². The SMILES string of the molecule is CC(C)CCc1ncccc1OC(C)CO. The van der Waals surface area contributed by atoms with E-state index in [0.29, 0.717) is 5.92 Å². The van der Waals surface area contributed by atoms with E-state index in [1.165, 1.54) is 0 Å². The maximum atomic E-state index is 8.96. The standard InChI is InChI=1S/C13H21NO2/c1-10(2)6-7-12-13(5-4-8-14-12)16-11(3)9-15/h4-5,8,10-11,15H,6-7,9H2,1-3H3. The molecule has 1 unspecified atom stereocenters. The Hall–Kier alpha value is -1.09. The van der Waals surface area contributed by atoms with E-state index in [2.05, 4.69) is 18.8 Å². The Morgan fingerprint density at radius 3 is 2.75 bits per heavy atom. The van der Waals surface area contributed by atoms with Gasteiger partial charge in [0.2, 0.25) is 0 Å². The van der Waals surface area contributed by atoms with Gasteiger partial charge in [-0.15, -0.1) is 0 Å². The van der Waals surface area contributed by atoms with Gasteiger partial charge in [-0.05, 0) is 37.8 Å². The summed E-state index contributed by atoms with van der Waals surface area (Å²) in [4.78, 5) is 4.33. The average molecular weight is 223 g/mol. The summed E-state index contributed by atoms with van der Waals surface area (Å²) in [6.45, 7) is 6.26. The summed E-state index contributed by atoms with van der Waals surface area (Å²) in [6.07, 6.45) is 3.63. The maximum Gasteiger partial charge on any atom is 0.141 e. The summed E-state index contributed by atoms with van der Waals surface area (Å²) in [5.41, 5.74) is 0.983. The van der Waals surface area contributed by atoms with Crippen molar-refractivity contribution in [1.82, 2.24) is 4.98 Å². The van der Waals surface area contributed by atoms with Crippen molar-refractivity contribution in [3.05, 3.63) is 24.0 Å². The van der Waals surface area contributed by atoms with Crippen LogP contribution in [0, 0.1) is 5.92 Å². The highest BCUT2D eigenvalue weighted by molar-refractivity contribution is 5.27. The summed E-state index contributed by atoms with van der Waals surface area (Å²) in [5.74, 6) is 1.45. The van der Waals surface area contributed by atoms with E-state index in [0.717, 1.165) is 24.3 Å². The molecule has 0 aliphatic heterocycles. The number of hydrogen-bond donors (Lipinski definition) is 1. The van der Waals surface area contributed by atoms with Crippen LogP contribution in [0.1, 0.15) is 32.9 Å². The number of hydrogen-bond acceptors (Lipinski definition) is 3. The molecule has 0 spiro atoms. The van der Waals surface area contributed by atoms with Crippen molar-refractivity contribution in [2.45, 2.75) is 39.7 Å². The Kier molecular flexibility index (Phi) is 5.26. The molecule has 0 aliphatic rings. The van der Waals surface area contributed by atoms with Crippen LogP contribution in [0.2, 0.25) is 0 Å². The number of pyridine rings is 1. The van der Waals surface area contributed by atoms with Gasteiger partial charge in [0.05, 0.1) is 12.3 Å². The molecule has 0 fully saturated rings. The van der Waals surface area contributed by atoms with Gasteiger partial charge in [0.1, 0.15) is 11.9 Å². The van der Waals surface area contributed by atoms with Crippen LogP contribution in [-0.2, 0) is 6.42 Å². The molecule has 1 atom stereocenters. The first-order chi connectivity index (χ1) is 7.63. The molecule has 0 amide bonds. The van der Waals surface area contributed by atoms with E-state index in [9.17, 15) is 0 Å². The van der Waals surface area contributed by atoms with Gasteiger partial charge < -0.3 is 9.84 Å². The van der Waals surface area contributed by atoms with E-state index in [1.54, 1.807) is 6.20 Å². The van der Waals surface area contributed by atoms with Crippen molar-refractivity contribution in [2.75, 3.05) is 6.61 Å². The van der Waals surface area contributed by atoms with Crippen LogP contribution in [0.5, 0.6) is 5.75 Å². The van der Waals surface area contributed by atoms with Gasteiger partial charge in [-0.2, -0.15) is 0 Å². The van der Waals surface area contributed by atoms with Crippen LogP contribution in [0.4, 0.5) is 0 Å². The summed E-state index contributed by atoms with van der Waals surface area (Å²) >= 11 is 0. The highest BCUT2D eigenvalue weighted by atomic mass is 16.5. The highest BCUT2D eigenvalue weighted by Crippen LogP contribution is 2.19. The van der Waals surface area contributed by atoms with Crippen molar-refractivity contribution in [1.29, 1.82) is 0 Å². The van der Waals surface area contributed by atoms with Crippen molar-refractivity contribution < 1.29 is 9.84 Å². The van der Waals surface area contributed by atoms with Crippen molar-refractivity contribution in [3.63, 3.8) is 0 Å². The molecular formula is C13H21NO2. The first-order valence-electron chi connectivity index (χ1n) is 5.85. The summed E-state index contributed by atoms with van der Waals surface area (Å²) in [6, 6.07) is 3.77. The summed E-state index contributed by atoms with van der Waals surface area (Å²) in [7, 11) is 0. The smallest absolute Gasteiger partial charge is 0.141 e. The van der Waals surface area contributed by atoms with E-state index in [4.69, 9.17) is 9.84 Å². The molecule has 3 heteroatoms. The minimum Gasteiger partial charge on any atom is -0.486 e. The molecule has 0 radical (unpaired) electrons. The van der Waals surface area contributed by atoms with Gasteiger partial charge in [0.25, 0.3) is 0 Å². The number of aryl methyl sites for hydroxylation is 1. The predicted molar refractivity (Wildman–Crippen MR) is 64.6 cm³/mol. The zero-order chi connectivity index (χ0) is 12.0. The monoisotopic (exact) mass is 223 g/mol. The zero-order valence-corrected chi connectivity index (χ0v) is 10.3. The topological polar surface area (TPSA) is 42.4 Å². The second kappa shape index (κ2) is 6.48. The third kappa shape index (κ3) is 4.19. The molecule has 0 aromatic carbocycles. The largest absolute Gasteiger partial charge is 0.486 e. The van der Waals surface area contributed by atoms with E-state index in [1.807, 2.05) is 19.1 Å². The lowest BCUT2D eigenvalue weighted by molar-refractivity contribution is 0.128. The van der Waals surface area contributed by atoms with Crippen LogP contribution in [0.15, 0.2) is 18.3 Å². The van der Waals surface area contributed by atoms with E-state index in [-0.39, 0.29) is 12.7 Å². The number of ether oxygens (including phenoxy) is 1. The Morgan fingerprint density at radius 2 is 2.12 bits per heavy atom. The molecule has 1 aromatic rings. The fourth-order valence-corrected chi connectivity index (χ4v) is 1.40.